The molecule has 0 saturated carbocycles. The van der Waals surface area contributed by atoms with E-state index in [2.05, 4.69) is 10.5 Å². The van der Waals surface area contributed by atoms with E-state index in [9.17, 15) is 9.59 Å². The third-order valence-electron chi connectivity index (χ3n) is 5.15. The number of carbonyl (C=O) groups excluding carboxylic acids is 2. The van der Waals surface area contributed by atoms with Gasteiger partial charge in [0.05, 0.1) is 11.1 Å². The Morgan fingerprint density at radius 3 is 2.72 bits per heavy atom. The normalized spacial score (nSPS) is 14.3. The van der Waals surface area contributed by atoms with E-state index >= 15 is 0 Å². The highest BCUT2D eigenvalue weighted by Crippen LogP contribution is 2.30. The van der Waals surface area contributed by atoms with Crippen molar-refractivity contribution in [3.8, 4) is 0 Å². The van der Waals surface area contributed by atoms with E-state index in [0.29, 0.717) is 11.3 Å². The zero-order chi connectivity index (χ0) is 20.5. The first kappa shape index (κ1) is 19.1. The minimum atomic E-state index is -0.980. The van der Waals surface area contributed by atoms with Gasteiger partial charge in [0.25, 0.3) is 5.91 Å². The molecule has 29 heavy (non-hydrogen) atoms. The van der Waals surface area contributed by atoms with Crippen LogP contribution in [0.5, 0.6) is 0 Å². The maximum atomic E-state index is 13.1. The van der Waals surface area contributed by atoms with E-state index in [1.165, 1.54) is 0 Å². The third-order valence-corrected chi connectivity index (χ3v) is 5.15. The molecule has 1 aliphatic rings. The molecule has 150 valence electrons. The van der Waals surface area contributed by atoms with E-state index in [0.717, 1.165) is 53.4 Å². The first-order valence-corrected chi connectivity index (χ1v) is 9.79. The summed E-state index contributed by atoms with van der Waals surface area (Å²) >= 11 is 0. The van der Waals surface area contributed by atoms with Gasteiger partial charge in [0.15, 0.2) is 11.9 Å². The summed E-state index contributed by atoms with van der Waals surface area (Å²) in [6.45, 7) is 5.25. The van der Waals surface area contributed by atoms with Gasteiger partial charge in [-0.3, -0.25) is 9.78 Å². The van der Waals surface area contributed by atoms with E-state index < -0.39 is 18.0 Å². The van der Waals surface area contributed by atoms with Crippen molar-refractivity contribution in [3.05, 3.63) is 52.4 Å². The average molecular weight is 393 g/mol. The van der Waals surface area contributed by atoms with Gasteiger partial charge in [0.2, 0.25) is 0 Å². The zero-order valence-corrected chi connectivity index (χ0v) is 16.7. The number of pyridine rings is 1. The molecule has 0 bridgehead atoms. The molecule has 1 N–H and O–H groups in total. The summed E-state index contributed by atoms with van der Waals surface area (Å²) in [6, 6.07) is 7.47. The SMILES string of the molecule is Cc1ccc2nc3c(c(C(=O)O[C@H](C)C(=O)Nc4cc(C)on4)c2c1)CCCC3. The number of aryl methyl sites for hydroxylation is 3. The van der Waals surface area contributed by atoms with Crippen LogP contribution in [-0.4, -0.2) is 28.1 Å². The molecule has 7 heteroatoms. The van der Waals surface area contributed by atoms with Gasteiger partial charge in [-0.15, -0.1) is 0 Å². The van der Waals surface area contributed by atoms with Crippen LogP contribution in [0.3, 0.4) is 0 Å². The molecule has 1 atom stereocenters. The van der Waals surface area contributed by atoms with E-state index in [4.69, 9.17) is 14.2 Å². The van der Waals surface area contributed by atoms with Gasteiger partial charge in [-0.25, -0.2) is 4.79 Å². The summed E-state index contributed by atoms with van der Waals surface area (Å²) in [4.78, 5) is 30.3. The summed E-state index contributed by atoms with van der Waals surface area (Å²) in [5.74, 6) is -0.0943. The molecule has 1 amide bonds. The lowest BCUT2D eigenvalue weighted by Crippen LogP contribution is -2.30. The minimum absolute atomic E-state index is 0.290. The van der Waals surface area contributed by atoms with Crippen LogP contribution in [-0.2, 0) is 22.4 Å². The first-order chi connectivity index (χ1) is 13.9. The maximum Gasteiger partial charge on any atom is 0.339 e. The van der Waals surface area contributed by atoms with Crippen molar-refractivity contribution in [2.24, 2.45) is 0 Å². The van der Waals surface area contributed by atoms with Gasteiger partial charge in [0, 0.05) is 17.1 Å². The van der Waals surface area contributed by atoms with Gasteiger partial charge >= 0.3 is 5.97 Å². The number of fused-ring (bicyclic) bond motifs is 2. The molecule has 0 saturated heterocycles. The van der Waals surface area contributed by atoms with Crippen molar-refractivity contribution < 1.29 is 18.8 Å². The Labute approximate surface area is 168 Å². The summed E-state index contributed by atoms with van der Waals surface area (Å²) in [6.07, 6.45) is 2.72. The Bertz CT molecular complexity index is 1100. The van der Waals surface area contributed by atoms with Crippen molar-refractivity contribution in [2.45, 2.75) is 52.6 Å². The summed E-state index contributed by atoms with van der Waals surface area (Å²) in [5, 5.41) is 7.10. The topological polar surface area (TPSA) is 94.3 Å². The smallest absolute Gasteiger partial charge is 0.339 e. The molecule has 1 aliphatic carbocycles. The van der Waals surface area contributed by atoms with Gasteiger partial charge in [0.1, 0.15) is 5.76 Å². The van der Waals surface area contributed by atoms with Gasteiger partial charge < -0.3 is 14.6 Å². The molecule has 0 spiro atoms. The van der Waals surface area contributed by atoms with Crippen molar-refractivity contribution in [3.63, 3.8) is 0 Å². The van der Waals surface area contributed by atoms with Crippen LogP contribution in [0.4, 0.5) is 5.82 Å². The van der Waals surface area contributed by atoms with Crippen molar-refractivity contribution in [1.82, 2.24) is 10.1 Å². The molecular weight excluding hydrogens is 370 g/mol. The number of nitrogens with zero attached hydrogens (tertiary/aromatic N) is 2. The maximum absolute atomic E-state index is 13.1. The van der Waals surface area contributed by atoms with Gasteiger partial charge in [-0.1, -0.05) is 16.8 Å². The first-order valence-electron chi connectivity index (χ1n) is 9.79. The Balaban J connectivity index is 1.63. The molecule has 4 rings (SSSR count). The summed E-state index contributed by atoms with van der Waals surface area (Å²) in [5.41, 5.74) is 4.24. The van der Waals surface area contributed by atoms with Crippen molar-refractivity contribution in [1.29, 1.82) is 0 Å². The van der Waals surface area contributed by atoms with Crippen molar-refractivity contribution >= 4 is 28.6 Å². The number of benzene rings is 1. The van der Waals surface area contributed by atoms with Gasteiger partial charge in [-0.2, -0.15) is 0 Å². The number of esters is 1. The number of anilines is 1. The number of hydrogen-bond donors (Lipinski definition) is 1. The Hall–Kier alpha value is -3.22. The molecule has 0 aliphatic heterocycles. The number of ether oxygens (including phenoxy) is 1. The van der Waals surface area contributed by atoms with Crippen LogP contribution in [0.1, 0.15) is 52.7 Å². The van der Waals surface area contributed by atoms with Crippen LogP contribution in [0.15, 0.2) is 28.8 Å². The molecule has 1 aromatic carbocycles. The predicted molar refractivity (Wildman–Crippen MR) is 108 cm³/mol. The second kappa shape index (κ2) is 7.66. The number of amides is 1. The Kier molecular flexibility index (Phi) is 5.05. The lowest BCUT2D eigenvalue weighted by molar-refractivity contribution is -0.123. The molecule has 0 fully saturated rings. The van der Waals surface area contributed by atoms with E-state index in [1.807, 2.05) is 25.1 Å². The van der Waals surface area contributed by atoms with Crippen LogP contribution in [0.25, 0.3) is 10.9 Å². The van der Waals surface area contributed by atoms with E-state index in [-0.39, 0.29) is 5.82 Å². The Morgan fingerprint density at radius 1 is 1.17 bits per heavy atom. The standard InChI is InChI=1S/C22H23N3O4/c1-12-8-9-18-16(10-12)20(15-6-4-5-7-17(15)23-18)22(27)28-14(3)21(26)24-19-11-13(2)29-25-19/h8-11,14H,4-7H2,1-3H3,(H,24,25,26)/t14-/m1/s1. The fourth-order valence-corrected chi connectivity index (χ4v) is 3.70. The summed E-state index contributed by atoms with van der Waals surface area (Å²) < 4.78 is 10.5. The minimum Gasteiger partial charge on any atom is -0.449 e. The number of nitrogens with one attached hydrogen (secondary N) is 1. The molecule has 0 radical (unpaired) electrons. The third kappa shape index (κ3) is 3.85. The second-order valence-corrected chi connectivity index (χ2v) is 7.50. The predicted octanol–water partition coefficient (Wildman–Crippen LogP) is 3.90. The molecule has 2 aromatic heterocycles. The van der Waals surface area contributed by atoms with E-state index in [1.54, 1.807) is 19.9 Å². The molecule has 0 unspecified atom stereocenters. The monoisotopic (exact) mass is 393 g/mol. The number of aromatic nitrogens is 2. The number of rotatable bonds is 4. The molecule has 3 aromatic rings. The highest BCUT2D eigenvalue weighted by Gasteiger charge is 2.27. The number of hydrogen-bond acceptors (Lipinski definition) is 6. The lowest BCUT2D eigenvalue weighted by atomic mass is 9.89. The van der Waals surface area contributed by atoms with Crippen LogP contribution in [0.2, 0.25) is 0 Å². The zero-order valence-electron chi connectivity index (χ0n) is 16.7. The molecule has 7 nitrogen and oxygen atoms in total. The lowest BCUT2D eigenvalue weighted by Gasteiger charge is -2.21. The molecule has 2 heterocycles. The average Bonchev–Trinajstić information content (AvgIpc) is 3.10. The van der Waals surface area contributed by atoms with Crippen molar-refractivity contribution in [2.75, 3.05) is 5.32 Å². The largest absolute Gasteiger partial charge is 0.449 e. The fourth-order valence-electron chi connectivity index (χ4n) is 3.70. The highest BCUT2D eigenvalue weighted by atomic mass is 16.5. The molecular formula is C22H23N3O4. The Morgan fingerprint density at radius 2 is 1.97 bits per heavy atom. The van der Waals surface area contributed by atoms with Crippen LogP contribution in [0, 0.1) is 13.8 Å². The van der Waals surface area contributed by atoms with Crippen LogP contribution < -0.4 is 5.32 Å². The second-order valence-electron chi connectivity index (χ2n) is 7.50. The quantitative estimate of drug-likeness (QED) is 0.676. The van der Waals surface area contributed by atoms with Gasteiger partial charge in [-0.05, 0) is 64.2 Å². The fraction of sp³-hybridized carbons (Fsp3) is 0.364. The highest BCUT2D eigenvalue weighted by molar-refractivity contribution is 6.06. The summed E-state index contributed by atoms with van der Waals surface area (Å²) in [7, 11) is 0. The van der Waals surface area contributed by atoms with Crippen LogP contribution >= 0.6 is 0 Å². The number of carbonyl (C=O) groups is 2.